The van der Waals surface area contributed by atoms with E-state index < -0.39 is 55.7 Å². The van der Waals surface area contributed by atoms with Crippen LogP contribution in [0.4, 0.5) is 4.79 Å². The van der Waals surface area contributed by atoms with Crippen LogP contribution in [0.25, 0.3) is 0 Å². The van der Waals surface area contributed by atoms with Crippen LogP contribution in [-0.4, -0.2) is 73.7 Å². The van der Waals surface area contributed by atoms with E-state index in [0.29, 0.717) is 0 Å². The number of carbonyl (C=O) groups excluding carboxylic acids is 3. The molecule has 0 bridgehead atoms. The zero-order chi connectivity index (χ0) is 35.2. The van der Waals surface area contributed by atoms with Gasteiger partial charge in [-0.2, -0.15) is 0 Å². The van der Waals surface area contributed by atoms with Crippen molar-refractivity contribution in [3.63, 3.8) is 0 Å². The predicted octanol–water partition coefficient (Wildman–Crippen LogP) is 6.45. The standard InChI is InChI=1S/C38H55NO7Si/c1-12-20-27-25-30(34(41)45-36(3,4)5)39(35(42)46-37(6,7)8)32(27)33(40)31(43-13-2)26-44-47(38(9,10)11,28-21-16-14-17-22-28)29-23-18-15-19-24-29/h12,14-24,27,30-32H,13,25-26H2,1-11H3/b20-12-/t27-,30-,31-,32-/m1/s1. The van der Waals surface area contributed by atoms with Crippen molar-refractivity contribution >= 4 is 36.5 Å². The van der Waals surface area contributed by atoms with Gasteiger partial charge in [-0.3, -0.25) is 9.69 Å². The van der Waals surface area contributed by atoms with Gasteiger partial charge in [0.1, 0.15) is 29.4 Å². The monoisotopic (exact) mass is 665 g/mol. The van der Waals surface area contributed by atoms with Gasteiger partial charge in [0.25, 0.3) is 8.32 Å². The van der Waals surface area contributed by atoms with E-state index >= 15 is 0 Å². The van der Waals surface area contributed by atoms with Gasteiger partial charge in [-0.15, -0.1) is 0 Å². The highest BCUT2D eigenvalue weighted by molar-refractivity contribution is 6.99. The molecule has 8 nitrogen and oxygen atoms in total. The van der Waals surface area contributed by atoms with Gasteiger partial charge in [-0.05, 0) is 77.2 Å². The highest BCUT2D eigenvalue weighted by Gasteiger charge is 2.55. The van der Waals surface area contributed by atoms with Crippen LogP contribution in [0.5, 0.6) is 0 Å². The van der Waals surface area contributed by atoms with Crippen molar-refractivity contribution in [2.45, 2.75) is 117 Å². The van der Waals surface area contributed by atoms with Crippen molar-refractivity contribution in [3.05, 3.63) is 72.8 Å². The molecule has 0 saturated carbocycles. The quantitative estimate of drug-likeness (QED) is 0.155. The molecule has 0 spiro atoms. The number of benzene rings is 2. The summed E-state index contributed by atoms with van der Waals surface area (Å²) in [7, 11) is -3.01. The van der Waals surface area contributed by atoms with Crippen molar-refractivity contribution in [1.29, 1.82) is 0 Å². The summed E-state index contributed by atoms with van der Waals surface area (Å²) in [6, 6.07) is 18.3. The smallest absolute Gasteiger partial charge is 0.411 e. The summed E-state index contributed by atoms with van der Waals surface area (Å²) in [6.45, 7) is 21.0. The SMILES string of the molecule is C/C=C\[C@@H]1C[C@H](C(=O)OC(C)(C)C)N(C(=O)OC(C)(C)C)[C@H]1C(=O)[C@@H](CO[Si](c1ccccc1)(c1ccccc1)C(C)(C)C)OCC. The third-order valence-corrected chi connectivity index (χ3v) is 13.1. The highest BCUT2D eigenvalue weighted by Crippen LogP contribution is 2.38. The molecule has 1 amide bonds. The van der Waals surface area contributed by atoms with Gasteiger partial charge >= 0.3 is 12.1 Å². The van der Waals surface area contributed by atoms with Gasteiger partial charge in [-0.25, -0.2) is 9.59 Å². The number of carbonyl (C=O) groups is 3. The number of likely N-dealkylation sites (tertiary alicyclic amines) is 1. The van der Waals surface area contributed by atoms with E-state index in [-0.39, 0.29) is 30.5 Å². The van der Waals surface area contributed by atoms with Crippen LogP contribution in [0.1, 0.15) is 82.6 Å². The molecule has 9 heteroatoms. The summed E-state index contributed by atoms with van der Waals surface area (Å²) < 4.78 is 24.8. The Morgan fingerprint density at radius 2 is 1.36 bits per heavy atom. The Kier molecular flexibility index (Phi) is 12.4. The Balaban J connectivity index is 2.11. The second-order valence-electron chi connectivity index (χ2n) is 15.1. The summed E-state index contributed by atoms with van der Waals surface area (Å²) in [5.74, 6) is -1.39. The van der Waals surface area contributed by atoms with Crippen molar-refractivity contribution in [1.82, 2.24) is 4.90 Å². The average Bonchev–Trinajstić information content (AvgIpc) is 3.35. The largest absolute Gasteiger partial charge is 0.458 e. The summed E-state index contributed by atoms with van der Waals surface area (Å²) >= 11 is 0. The minimum atomic E-state index is -3.01. The highest BCUT2D eigenvalue weighted by atomic mass is 28.4. The number of ether oxygens (including phenoxy) is 3. The lowest BCUT2D eigenvalue weighted by Crippen LogP contribution is -2.67. The van der Waals surface area contributed by atoms with Gasteiger partial charge in [0.05, 0.1) is 6.61 Å². The molecule has 1 aliphatic heterocycles. The van der Waals surface area contributed by atoms with Crippen molar-refractivity contribution in [2.24, 2.45) is 5.92 Å². The van der Waals surface area contributed by atoms with Gasteiger partial charge < -0.3 is 18.6 Å². The third-order valence-electron chi connectivity index (χ3n) is 8.10. The Bertz CT molecular complexity index is 1330. The van der Waals surface area contributed by atoms with Crippen LogP contribution in [0.3, 0.4) is 0 Å². The zero-order valence-corrected chi connectivity index (χ0v) is 31.2. The van der Waals surface area contributed by atoms with E-state index in [1.807, 2.05) is 62.4 Å². The molecule has 0 radical (unpaired) electrons. The molecular weight excluding hydrogens is 611 g/mol. The maximum Gasteiger partial charge on any atom is 0.411 e. The topological polar surface area (TPSA) is 91.4 Å². The lowest BCUT2D eigenvalue weighted by atomic mass is 9.93. The average molecular weight is 666 g/mol. The fourth-order valence-electron chi connectivity index (χ4n) is 6.38. The predicted molar refractivity (Wildman–Crippen MR) is 188 cm³/mol. The van der Waals surface area contributed by atoms with E-state index in [4.69, 9.17) is 18.6 Å². The number of rotatable bonds is 11. The first-order valence-electron chi connectivity index (χ1n) is 16.6. The number of allylic oxidation sites excluding steroid dienone is 1. The summed E-state index contributed by atoms with van der Waals surface area (Å²) in [5, 5.41) is 1.84. The minimum absolute atomic E-state index is 0.0295. The lowest BCUT2D eigenvalue weighted by Gasteiger charge is -2.43. The molecule has 3 rings (SSSR count). The molecule has 0 N–H and O–H groups in total. The molecule has 1 saturated heterocycles. The Morgan fingerprint density at radius 3 is 1.79 bits per heavy atom. The van der Waals surface area contributed by atoms with E-state index in [1.165, 1.54) is 4.90 Å². The van der Waals surface area contributed by atoms with Crippen LogP contribution in [0.2, 0.25) is 5.04 Å². The van der Waals surface area contributed by atoms with Crippen LogP contribution in [0, 0.1) is 5.92 Å². The second kappa shape index (κ2) is 15.3. The maximum atomic E-state index is 14.8. The first-order valence-corrected chi connectivity index (χ1v) is 18.5. The Morgan fingerprint density at radius 1 is 0.851 bits per heavy atom. The first kappa shape index (κ1) is 38.2. The van der Waals surface area contributed by atoms with Gasteiger partial charge in [0.2, 0.25) is 0 Å². The van der Waals surface area contributed by atoms with E-state index in [1.54, 1.807) is 41.5 Å². The molecule has 1 fully saturated rings. The molecule has 0 aliphatic carbocycles. The molecular formula is C38H55NO7Si. The van der Waals surface area contributed by atoms with Gasteiger partial charge in [0, 0.05) is 12.5 Å². The normalized spacial score (nSPS) is 19.9. The number of Topliss-reactive ketones (excluding diaryl/α,β-unsaturated/α-hetero) is 1. The fourth-order valence-corrected chi connectivity index (χ4v) is 10.9. The van der Waals surface area contributed by atoms with Gasteiger partial charge in [0.15, 0.2) is 5.78 Å². The molecule has 0 unspecified atom stereocenters. The Hall–Kier alpha value is -3.27. The molecule has 4 atom stereocenters. The molecule has 2 aromatic carbocycles. The van der Waals surface area contributed by atoms with Crippen LogP contribution in [0.15, 0.2) is 72.8 Å². The number of hydrogen-bond acceptors (Lipinski definition) is 7. The number of hydrogen-bond donors (Lipinski definition) is 0. The zero-order valence-electron chi connectivity index (χ0n) is 30.2. The number of nitrogens with zero attached hydrogens (tertiary/aromatic N) is 1. The number of esters is 1. The van der Waals surface area contributed by atoms with Crippen molar-refractivity contribution in [2.75, 3.05) is 13.2 Å². The maximum absolute atomic E-state index is 14.8. The molecule has 0 aromatic heterocycles. The summed E-state index contributed by atoms with van der Waals surface area (Å²) in [6.07, 6.45) is 2.16. The van der Waals surface area contributed by atoms with Crippen molar-refractivity contribution < 1.29 is 33.0 Å². The number of ketones is 1. The minimum Gasteiger partial charge on any atom is -0.458 e. The van der Waals surface area contributed by atoms with Gasteiger partial charge in [-0.1, -0.05) is 93.6 Å². The van der Waals surface area contributed by atoms with E-state index in [0.717, 1.165) is 10.4 Å². The lowest BCUT2D eigenvalue weighted by molar-refractivity contribution is -0.161. The van der Waals surface area contributed by atoms with Crippen molar-refractivity contribution in [3.8, 4) is 0 Å². The second-order valence-corrected chi connectivity index (χ2v) is 19.4. The van der Waals surface area contributed by atoms with E-state index in [2.05, 4.69) is 45.0 Å². The summed E-state index contributed by atoms with van der Waals surface area (Å²) in [5.41, 5.74) is -1.64. The third kappa shape index (κ3) is 9.21. The summed E-state index contributed by atoms with van der Waals surface area (Å²) in [4.78, 5) is 43.5. The Labute approximate surface area is 282 Å². The van der Waals surface area contributed by atoms with Crippen LogP contribution in [-0.2, 0) is 28.2 Å². The van der Waals surface area contributed by atoms with E-state index in [9.17, 15) is 14.4 Å². The molecule has 47 heavy (non-hydrogen) atoms. The number of amides is 1. The molecule has 258 valence electrons. The molecule has 1 aliphatic rings. The van der Waals surface area contributed by atoms with Crippen LogP contribution < -0.4 is 10.4 Å². The molecule has 1 heterocycles. The first-order chi connectivity index (χ1) is 21.9. The van der Waals surface area contributed by atoms with Crippen LogP contribution >= 0.6 is 0 Å². The fraction of sp³-hybridized carbons (Fsp3) is 0.553. The molecule has 2 aromatic rings.